The minimum atomic E-state index is -0.218. The topological polar surface area (TPSA) is 38.3 Å². The zero-order chi connectivity index (χ0) is 12.3. The SMILES string of the molecule is CC(C)OC(=O)c1ccccc1C1CCCN1. The number of hydrogen-bond donors (Lipinski definition) is 1. The van der Waals surface area contributed by atoms with Crippen molar-refractivity contribution in [3.63, 3.8) is 0 Å². The van der Waals surface area contributed by atoms with Gasteiger partial charge in [-0.05, 0) is 44.9 Å². The van der Waals surface area contributed by atoms with E-state index in [1.165, 1.54) is 0 Å². The molecule has 2 rings (SSSR count). The van der Waals surface area contributed by atoms with Crippen molar-refractivity contribution >= 4 is 5.97 Å². The van der Waals surface area contributed by atoms with Gasteiger partial charge in [-0.15, -0.1) is 0 Å². The largest absolute Gasteiger partial charge is 0.459 e. The van der Waals surface area contributed by atoms with E-state index in [2.05, 4.69) is 5.32 Å². The molecule has 1 aromatic rings. The van der Waals surface area contributed by atoms with E-state index in [9.17, 15) is 4.79 Å². The van der Waals surface area contributed by atoms with E-state index in [4.69, 9.17) is 4.74 Å². The lowest BCUT2D eigenvalue weighted by molar-refractivity contribution is 0.0376. The van der Waals surface area contributed by atoms with Gasteiger partial charge in [0.25, 0.3) is 0 Å². The first-order chi connectivity index (χ1) is 8.18. The highest BCUT2D eigenvalue weighted by atomic mass is 16.5. The number of esters is 1. The van der Waals surface area contributed by atoms with Crippen LogP contribution in [-0.2, 0) is 4.74 Å². The van der Waals surface area contributed by atoms with Crippen LogP contribution in [0.1, 0.15) is 48.7 Å². The first kappa shape index (κ1) is 12.1. The first-order valence-electron chi connectivity index (χ1n) is 6.22. The van der Waals surface area contributed by atoms with Crippen LogP contribution in [0.4, 0.5) is 0 Å². The third-order valence-electron chi connectivity index (χ3n) is 2.96. The van der Waals surface area contributed by atoms with E-state index >= 15 is 0 Å². The van der Waals surface area contributed by atoms with Crippen molar-refractivity contribution in [3.8, 4) is 0 Å². The van der Waals surface area contributed by atoms with Gasteiger partial charge in [-0.3, -0.25) is 0 Å². The molecule has 1 N–H and O–H groups in total. The Morgan fingerprint density at radius 3 is 2.82 bits per heavy atom. The van der Waals surface area contributed by atoms with E-state index in [1.54, 1.807) is 0 Å². The quantitative estimate of drug-likeness (QED) is 0.816. The Kier molecular flexibility index (Phi) is 3.79. The van der Waals surface area contributed by atoms with Gasteiger partial charge in [-0.2, -0.15) is 0 Å². The number of ether oxygens (including phenoxy) is 1. The molecule has 1 aliphatic rings. The lowest BCUT2D eigenvalue weighted by Gasteiger charge is -2.16. The highest BCUT2D eigenvalue weighted by Crippen LogP contribution is 2.26. The Morgan fingerprint density at radius 2 is 2.18 bits per heavy atom. The summed E-state index contributed by atoms with van der Waals surface area (Å²) < 4.78 is 5.27. The number of carbonyl (C=O) groups is 1. The van der Waals surface area contributed by atoms with Crippen LogP contribution < -0.4 is 5.32 Å². The predicted octanol–water partition coefficient (Wildman–Crippen LogP) is 2.68. The molecule has 3 heteroatoms. The maximum Gasteiger partial charge on any atom is 0.338 e. The molecule has 92 valence electrons. The summed E-state index contributed by atoms with van der Waals surface area (Å²) in [5.74, 6) is -0.218. The van der Waals surface area contributed by atoms with Crippen LogP contribution in [0.5, 0.6) is 0 Å². The maximum atomic E-state index is 12.0. The summed E-state index contributed by atoms with van der Waals surface area (Å²) >= 11 is 0. The molecule has 1 fully saturated rings. The number of nitrogens with one attached hydrogen (secondary N) is 1. The van der Waals surface area contributed by atoms with Crippen molar-refractivity contribution in [2.24, 2.45) is 0 Å². The molecule has 1 unspecified atom stereocenters. The average molecular weight is 233 g/mol. The van der Waals surface area contributed by atoms with Crippen LogP contribution in [0, 0.1) is 0 Å². The van der Waals surface area contributed by atoms with Gasteiger partial charge in [0.15, 0.2) is 0 Å². The van der Waals surface area contributed by atoms with Crippen LogP contribution in [-0.4, -0.2) is 18.6 Å². The monoisotopic (exact) mass is 233 g/mol. The van der Waals surface area contributed by atoms with Gasteiger partial charge in [-0.1, -0.05) is 18.2 Å². The summed E-state index contributed by atoms with van der Waals surface area (Å²) in [6, 6.07) is 8.02. The lowest BCUT2D eigenvalue weighted by Crippen LogP contribution is -2.19. The summed E-state index contributed by atoms with van der Waals surface area (Å²) in [5.41, 5.74) is 1.76. The molecular formula is C14H19NO2. The number of hydrogen-bond acceptors (Lipinski definition) is 3. The van der Waals surface area contributed by atoms with Crippen molar-refractivity contribution in [2.75, 3.05) is 6.54 Å². The fourth-order valence-electron chi connectivity index (χ4n) is 2.21. The first-order valence-corrected chi connectivity index (χ1v) is 6.22. The molecule has 1 heterocycles. The van der Waals surface area contributed by atoms with Crippen LogP contribution in [0.25, 0.3) is 0 Å². The van der Waals surface area contributed by atoms with E-state index in [0.29, 0.717) is 11.6 Å². The van der Waals surface area contributed by atoms with Crippen molar-refractivity contribution in [3.05, 3.63) is 35.4 Å². The maximum absolute atomic E-state index is 12.0. The lowest BCUT2D eigenvalue weighted by atomic mass is 9.99. The molecule has 0 aromatic heterocycles. The van der Waals surface area contributed by atoms with E-state index in [-0.39, 0.29) is 12.1 Å². The Balaban J connectivity index is 2.23. The summed E-state index contributed by atoms with van der Waals surface area (Å²) in [7, 11) is 0. The molecule has 0 aliphatic carbocycles. The zero-order valence-corrected chi connectivity index (χ0v) is 10.4. The molecule has 0 spiro atoms. The van der Waals surface area contributed by atoms with Gasteiger partial charge in [-0.25, -0.2) is 4.79 Å². The molecule has 17 heavy (non-hydrogen) atoms. The van der Waals surface area contributed by atoms with Gasteiger partial charge < -0.3 is 10.1 Å². The van der Waals surface area contributed by atoms with Crippen LogP contribution in [0.2, 0.25) is 0 Å². The second-order valence-electron chi connectivity index (χ2n) is 4.69. The average Bonchev–Trinajstić information content (AvgIpc) is 2.81. The zero-order valence-electron chi connectivity index (χ0n) is 10.4. The predicted molar refractivity (Wildman–Crippen MR) is 67.0 cm³/mol. The summed E-state index contributed by atoms with van der Waals surface area (Å²) in [5, 5.41) is 3.41. The van der Waals surface area contributed by atoms with Gasteiger partial charge in [0, 0.05) is 6.04 Å². The smallest absolute Gasteiger partial charge is 0.338 e. The summed E-state index contributed by atoms with van der Waals surface area (Å²) in [4.78, 5) is 12.0. The van der Waals surface area contributed by atoms with Crippen LogP contribution >= 0.6 is 0 Å². The number of rotatable bonds is 3. The molecule has 1 aliphatic heterocycles. The molecule has 0 saturated carbocycles. The van der Waals surface area contributed by atoms with Crippen molar-refractivity contribution in [1.82, 2.24) is 5.32 Å². The fourth-order valence-corrected chi connectivity index (χ4v) is 2.21. The van der Waals surface area contributed by atoms with Gasteiger partial charge in [0.1, 0.15) is 0 Å². The highest BCUT2D eigenvalue weighted by molar-refractivity contribution is 5.91. The van der Waals surface area contributed by atoms with Crippen molar-refractivity contribution in [2.45, 2.75) is 38.8 Å². The molecule has 3 nitrogen and oxygen atoms in total. The minimum Gasteiger partial charge on any atom is -0.459 e. The fraction of sp³-hybridized carbons (Fsp3) is 0.500. The number of carbonyl (C=O) groups excluding carboxylic acids is 1. The Bertz CT molecular complexity index is 395. The highest BCUT2D eigenvalue weighted by Gasteiger charge is 2.22. The Labute approximate surface area is 102 Å². The molecule has 1 saturated heterocycles. The van der Waals surface area contributed by atoms with E-state index in [1.807, 2.05) is 38.1 Å². The molecule has 0 amide bonds. The molecule has 0 bridgehead atoms. The Morgan fingerprint density at radius 1 is 1.41 bits per heavy atom. The van der Waals surface area contributed by atoms with Crippen LogP contribution in [0.15, 0.2) is 24.3 Å². The van der Waals surface area contributed by atoms with E-state index in [0.717, 1.165) is 24.9 Å². The van der Waals surface area contributed by atoms with Gasteiger partial charge in [0.05, 0.1) is 11.7 Å². The number of benzene rings is 1. The van der Waals surface area contributed by atoms with Crippen molar-refractivity contribution < 1.29 is 9.53 Å². The normalized spacial score (nSPS) is 19.6. The van der Waals surface area contributed by atoms with Gasteiger partial charge in [0.2, 0.25) is 0 Å². The molecular weight excluding hydrogens is 214 g/mol. The second kappa shape index (κ2) is 5.32. The molecule has 1 aromatic carbocycles. The second-order valence-corrected chi connectivity index (χ2v) is 4.69. The van der Waals surface area contributed by atoms with Crippen LogP contribution in [0.3, 0.4) is 0 Å². The molecule has 1 atom stereocenters. The summed E-state index contributed by atoms with van der Waals surface area (Å²) in [6.45, 7) is 4.76. The van der Waals surface area contributed by atoms with E-state index < -0.39 is 0 Å². The third kappa shape index (κ3) is 2.86. The molecule has 0 radical (unpaired) electrons. The Hall–Kier alpha value is -1.35. The van der Waals surface area contributed by atoms with Crippen molar-refractivity contribution in [1.29, 1.82) is 0 Å². The standard InChI is InChI=1S/C14H19NO2/c1-10(2)17-14(16)12-7-4-3-6-11(12)13-8-5-9-15-13/h3-4,6-7,10,13,15H,5,8-9H2,1-2H3. The minimum absolute atomic E-state index is 0.0768. The summed E-state index contributed by atoms with van der Waals surface area (Å²) in [6.07, 6.45) is 2.18. The van der Waals surface area contributed by atoms with Gasteiger partial charge >= 0.3 is 5.97 Å². The third-order valence-corrected chi connectivity index (χ3v) is 2.96.